The molecule has 0 saturated heterocycles. The van der Waals surface area contributed by atoms with E-state index in [-0.39, 0.29) is 22.4 Å². The molecule has 0 radical (unpaired) electrons. The van der Waals surface area contributed by atoms with Gasteiger partial charge in [-0.1, -0.05) is 11.6 Å². The minimum Gasteiger partial charge on any atom is -0.450 e. The highest BCUT2D eigenvalue weighted by molar-refractivity contribution is 6.30. The maximum Gasteiger partial charge on any atom is 0.313 e. The van der Waals surface area contributed by atoms with Gasteiger partial charge in [-0.2, -0.15) is 0 Å². The SMILES string of the molecule is COCCNC(=O)c1ccc(Oc2ccc(Cl)cc2[N+](=O)[O-])cc1. The molecule has 0 spiro atoms. The van der Waals surface area contributed by atoms with Crippen LogP contribution in [0.1, 0.15) is 10.4 Å². The first-order valence-electron chi connectivity index (χ1n) is 7.00. The smallest absolute Gasteiger partial charge is 0.313 e. The predicted octanol–water partition coefficient (Wildman–Crippen LogP) is 3.42. The van der Waals surface area contributed by atoms with Gasteiger partial charge in [0.2, 0.25) is 5.75 Å². The number of methoxy groups -OCH3 is 1. The minimum atomic E-state index is -0.571. The molecule has 2 aromatic carbocycles. The molecule has 0 aromatic heterocycles. The molecule has 1 amide bonds. The molecule has 0 fully saturated rings. The average Bonchev–Trinajstić information content (AvgIpc) is 2.57. The Morgan fingerprint density at radius 1 is 1.25 bits per heavy atom. The van der Waals surface area contributed by atoms with Gasteiger partial charge in [-0.05, 0) is 36.4 Å². The van der Waals surface area contributed by atoms with Crippen molar-refractivity contribution in [1.29, 1.82) is 0 Å². The van der Waals surface area contributed by atoms with Gasteiger partial charge in [-0.25, -0.2) is 0 Å². The third-order valence-corrected chi connectivity index (χ3v) is 3.29. The maximum atomic E-state index is 11.9. The van der Waals surface area contributed by atoms with Crippen molar-refractivity contribution in [1.82, 2.24) is 5.32 Å². The third kappa shape index (κ3) is 4.68. The zero-order chi connectivity index (χ0) is 17.5. The lowest BCUT2D eigenvalue weighted by molar-refractivity contribution is -0.385. The molecule has 1 N–H and O–H groups in total. The zero-order valence-electron chi connectivity index (χ0n) is 12.8. The topological polar surface area (TPSA) is 90.7 Å². The van der Waals surface area contributed by atoms with Gasteiger partial charge in [0.25, 0.3) is 5.91 Å². The number of nitro groups is 1. The highest BCUT2D eigenvalue weighted by atomic mass is 35.5. The summed E-state index contributed by atoms with van der Waals surface area (Å²) in [7, 11) is 1.55. The summed E-state index contributed by atoms with van der Waals surface area (Å²) >= 11 is 5.76. The summed E-state index contributed by atoms with van der Waals surface area (Å²) in [6.07, 6.45) is 0. The van der Waals surface area contributed by atoms with Gasteiger partial charge in [-0.15, -0.1) is 0 Å². The Morgan fingerprint density at radius 2 is 1.96 bits per heavy atom. The molecule has 0 aliphatic carbocycles. The Labute approximate surface area is 143 Å². The van der Waals surface area contributed by atoms with Crippen LogP contribution in [0.15, 0.2) is 42.5 Å². The van der Waals surface area contributed by atoms with Gasteiger partial charge in [-0.3, -0.25) is 14.9 Å². The zero-order valence-corrected chi connectivity index (χ0v) is 13.6. The van der Waals surface area contributed by atoms with Crippen molar-refractivity contribution in [2.45, 2.75) is 0 Å². The molecule has 8 heteroatoms. The fourth-order valence-electron chi connectivity index (χ4n) is 1.89. The monoisotopic (exact) mass is 350 g/mol. The molecular formula is C16H15ClN2O5. The number of benzene rings is 2. The Kier molecular flexibility index (Phi) is 6.11. The number of carbonyl (C=O) groups is 1. The van der Waals surface area contributed by atoms with Crippen LogP contribution in [0, 0.1) is 10.1 Å². The Morgan fingerprint density at radius 3 is 2.58 bits per heavy atom. The normalized spacial score (nSPS) is 10.2. The first-order valence-corrected chi connectivity index (χ1v) is 7.38. The van der Waals surface area contributed by atoms with Gasteiger partial charge < -0.3 is 14.8 Å². The van der Waals surface area contributed by atoms with Crippen LogP contribution < -0.4 is 10.1 Å². The fraction of sp³-hybridized carbons (Fsp3) is 0.188. The number of halogens is 1. The van der Waals surface area contributed by atoms with Crippen LogP contribution in [0.2, 0.25) is 5.02 Å². The van der Waals surface area contributed by atoms with Gasteiger partial charge in [0.1, 0.15) is 5.75 Å². The predicted molar refractivity (Wildman–Crippen MR) is 88.8 cm³/mol. The van der Waals surface area contributed by atoms with E-state index in [2.05, 4.69) is 5.32 Å². The lowest BCUT2D eigenvalue weighted by atomic mass is 10.2. The number of nitro benzene ring substituents is 1. The molecule has 0 unspecified atom stereocenters. The van der Waals surface area contributed by atoms with E-state index < -0.39 is 4.92 Å². The third-order valence-electron chi connectivity index (χ3n) is 3.05. The summed E-state index contributed by atoms with van der Waals surface area (Å²) in [5.41, 5.74) is 0.216. The molecular weight excluding hydrogens is 336 g/mol. The molecule has 0 saturated carbocycles. The van der Waals surface area contributed by atoms with Crippen molar-refractivity contribution >= 4 is 23.2 Å². The summed E-state index contributed by atoms with van der Waals surface area (Å²) in [6.45, 7) is 0.831. The highest BCUT2D eigenvalue weighted by Crippen LogP contribution is 2.33. The number of nitrogens with one attached hydrogen (secondary N) is 1. The molecule has 2 rings (SSSR count). The second-order valence-corrected chi connectivity index (χ2v) is 5.18. The van der Waals surface area contributed by atoms with Crippen molar-refractivity contribution in [3.63, 3.8) is 0 Å². The number of carbonyl (C=O) groups excluding carboxylic acids is 1. The number of ether oxygens (including phenoxy) is 2. The fourth-order valence-corrected chi connectivity index (χ4v) is 2.06. The molecule has 0 atom stereocenters. The number of nitrogens with zero attached hydrogens (tertiary/aromatic N) is 1. The Bertz CT molecular complexity index is 734. The van der Waals surface area contributed by atoms with Gasteiger partial charge in [0.05, 0.1) is 11.5 Å². The average molecular weight is 351 g/mol. The van der Waals surface area contributed by atoms with Gasteiger partial charge in [0.15, 0.2) is 0 Å². The maximum absolute atomic E-state index is 11.9. The molecule has 2 aromatic rings. The van der Waals surface area contributed by atoms with Crippen LogP contribution in [0.4, 0.5) is 5.69 Å². The van der Waals surface area contributed by atoms with Crippen LogP contribution in [0.3, 0.4) is 0 Å². The van der Waals surface area contributed by atoms with Crippen LogP contribution in [-0.4, -0.2) is 31.1 Å². The molecule has 0 bridgehead atoms. The Balaban J connectivity index is 2.09. The molecule has 0 aliphatic rings. The van der Waals surface area contributed by atoms with Gasteiger partial charge >= 0.3 is 5.69 Å². The van der Waals surface area contributed by atoms with Crippen molar-refractivity contribution in [2.75, 3.05) is 20.3 Å². The van der Waals surface area contributed by atoms with Crippen LogP contribution >= 0.6 is 11.6 Å². The largest absolute Gasteiger partial charge is 0.450 e. The molecule has 126 valence electrons. The number of amides is 1. The van der Waals surface area contributed by atoms with Crippen LogP contribution in [0.25, 0.3) is 0 Å². The first kappa shape index (κ1) is 17.7. The molecule has 24 heavy (non-hydrogen) atoms. The second kappa shape index (κ2) is 8.28. The van der Waals surface area contributed by atoms with Crippen molar-refractivity contribution < 1.29 is 19.2 Å². The standard InChI is InChI=1S/C16H15ClN2O5/c1-23-9-8-18-16(20)11-2-5-13(6-3-11)24-15-7-4-12(17)10-14(15)19(21)22/h2-7,10H,8-9H2,1H3,(H,18,20). The lowest BCUT2D eigenvalue weighted by Gasteiger charge is -2.08. The first-order chi connectivity index (χ1) is 11.5. The quantitative estimate of drug-likeness (QED) is 0.469. The van der Waals surface area contributed by atoms with E-state index in [4.69, 9.17) is 21.1 Å². The summed E-state index contributed by atoms with van der Waals surface area (Å²) in [5.74, 6) is 0.201. The van der Waals surface area contributed by atoms with E-state index in [0.717, 1.165) is 0 Å². The molecule has 7 nitrogen and oxygen atoms in total. The van der Waals surface area contributed by atoms with Crippen LogP contribution in [0.5, 0.6) is 11.5 Å². The summed E-state index contributed by atoms with van der Waals surface area (Å²) < 4.78 is 10.4. The van der Waals surface area contributed by atoms with E-state index in [1.54, 1.807) is 31.4 Å². The van der Waals surface area contributed by atoms with Crippen molar-refractivity contribution in [2.24, 2.45) is 0 Å². The summed E-state index contributed by atoms with van der Waals surface area (Å²) in [4.78, 5) is 22.3. The van der Waals surface area contributed by atoms with Crippen molar-refractivity contribution in [3.05, 3.63) is 63.2 Å². The highest BCUT2D eigenvalue weighted by Gasteiger charge is 2.16. The number of hydrogen-bond acceptors (Lipinski definition) is 5. The van der Waals surface area contributed by atoms with E-state index in [1.807, 2.05) is 0 Å². The van der Waals surface area contributed by atoms with E-state index in [0.29, 0.717) is 24.5 Å². The number of rotatable bonds is 7. The van der Waals surface area contributed by atoms with E-state index in [1.165, 1.54) is 18.2 Å². The minimum absolute atomic E-state index is 0.0710. The Hall–Kier alpha value is -2.64. The summed E-state index contributed by atoms with van der Waals surface area (Å²) in [6, 6.07) is 10.4. The van der Waals surface area contributed by atoms with Gasteiger partial charge in [0, 0.05) is 30.3 Å². The molecule has 0 heterocycles. The van der Waals surface area contributed by atoms with Crippen molar-refractivity contribution in [3.8, 4) is 11.5 Å². The van der Waals surface area contributed by atoms with E-state index >= 15 is 0 Å². The second-order valence-electron chi connectivity index (χ2n) is 4.74. The molecule has 0 aliphatic heterocycles. The number of hydrogen-bond donors (Lipinski definition) is 1. The van der Waals surface area contributed by atoms with Crippen LogP contribution in [-0.2, 0) is 4.74 Å². The summed E-state index contributed by atoms with van der Waals surface area (Å²) in [5, 5.41) is 14.0. The van der Waals surface area contributed by atoms with E-state index in [9.17, 15) is 14.9 Å². The lowest BCUT2D eigenvalue weighted by Crippen LogP contribution is -2.26.